The van der Waals surface area contributed by atoms with Crippen LogP contribution in [-0.4, -0.2) is 50.3 Å². The highest BCUT2D eigenvalue weighted by Crippen LogP contribution is 2.04. The molecule has 0 fully saturated rings. The van der Waals surface area contributed by atoms with Gasteiger partial charge < -0.3 is 14.7 Å². The van der Waals surface area contributed by atoms with Gasteiger partial charge in [0, 0.05) is 20.3 Å². The van der Waals surface area contributed by atoms with E-state index in [1.54, 1.807) is 7.11 Å². The smallest absolute Gasteiger partial charge is 0.307 e. The Hall–Kier alpha value is -0.610. The fraction of sp³-hybridized carbons (Fsp3) is 0.875. The molecule has 1 unspecified atom stereocenters. The van der Waals surface area contributed by atoms with Crippen LogP contribution in [0.1, 0.15) is 6.42 Å². The second-order valence-electron chi connectivity index (χ2n) is 3.08. The predicted octanol–water partition coefficient (Wildman–Crippen LogP) is 0.285. The van der Waals surface area contributed by atoms with Gasteiger partial charge in [-0.2, -0.15) is 0 Å². The molecule has 0 rings (SSSR count). The van der Waals surface area contributed by atoms with Crippen LogP contribution in [0.3, 0.4) is 0 Å². The zero-order valence-electron chi connectivity index (χ0n) is 7.91. The van der Waals surface area contributed by atoms with E-state index in [9.17, 15) is 4.79 Å². The maximum absolute atomic E-state index is 10.7. The molecule has 0 spiro atoms. The number of hydrogen-bond donors (Lipinski definition) is 1. The fourth-order valence-corrected chi connectivity index (χ4v) is 0.994. The minimum absolute atomic E-state index is 0.319. The van der Waals surface area contributed by atoms with Gasteiger partial charge in [0.05, 0.1) is 5.92 Å². The highest BCUT2D eigenvalue weighted by atomic mass is 16.5. The lowest BCUT2D eigenvalue weighted by atomic mass is 10.1. The molecule has 0 radical (unpaired) electrons. The van der Waals surface area contributed by atoms with Crippen molar-refractivity contribution < 1.29 is 14.6 Å². The Labute approximate surface area is 73.1 Å². The van der Waals surface area contributed by atoms with E-state index in [1.807, 2.05) is 19.0 Å². The summed E-state index contributed by atoms with van der Waals surface area (Å²) in [5.74, 6) is -1.07. The third kappa shape index (κ3) is 5.09. The molecule has 0 heterocycles. The van der Waals surface area contributed by atoms with E-state index in [1.165, 1.54) is 0 Å². The van der Waals surface area contributed by atoms with E-state index >= 15 is 0 Å². The first kappa shape index (κ1) is 11.4. The molecular formula is C8H17NO3. The number of carbonyl (C=O) groups is 1. The highest BCUT2D eigenvalue weighted by Gasteiger charge is 2.17. The lowest BCUT2D eigenvalue weighted by Gasteiger charge is -2.16. The molecule has 0 aliphatic carbocycles. The molecule has 0 aliphatic heterocycles. The minimum atomic E-state index is -0.749. The SMILES string of the molecule is COCCC(CN(C)C)C(=O)O. The van der Waals surface area contributed by atoms with Crippen LogP contribution >= 0.6 is 0 Å². The average molecular weight is 175 g/mol. The summed E-state index contributed by atoms with van der Waals surface area (Å²) in [7, 11) is 5.31. The normalized spacial score (nSPS) is 13.3. The van der Waals surface area contributed by atoms with Gasteiger partial charge in [0.15, 0.2) is 0 Å². The second-order valence-corrected chi connectivity index (χ2v) is 3.08. The van der Waals surface area contributed by atoms with Gasteiger partial charge in [0.1, 0.15) is 0 Å². The zero-order valence-corrected chi connectivity index (χ0v) is 7.91. The summed E-state index contributed by atoms with van der Waals surface area (Å²) >= 11 is 0. The minimum Gasteiger partial charge on any atom is -0.481 e. The van der Waals surface area contributed by atoms with Gasteiger partial charge in [-0.1, -0.05) is 0 Å². The van der Waals surface area contributed by atoms with Crippen molar-refractivity contribution >= 4 is 5.97 Å². The Morgan fingerprint density at radius 3 is 2.50 bits per heavy atom. The molecule has 0 amide bonds. The first-order valence-corrected chi connectivity index (χ1v) is 3.94. The average Bonchev–Trinajstić information content (AvgIpc) is 1.96. The van der Waals surface area contributed by atoms with Crippen molar-refractivity contribution in [1.29, 1.82) is 0 Å². The molecule has 0 aromatic carbocycles. The van der Waals surface area contributed by atoms with Crippen LogP contribution in [0.4, 0.5) is 0 Å². The van der Waals surface area contributed by atoms with E-state index in [-0.39, 0.29) is 5.92 Å². The third-order valence-corrected chi connectivity index (χ3v) is 1.61. The van der Waals surface area contributed by atoms with Crippen molar-refractivity contribution in [3.05, 3.63) is 0 Å². The first-order valence-electron chi connectivity index (χ1n) is 3.94. The Bertz CT molecular complexity index is 136. The molecule has 12 heavy (non-hydrogen) atoms. The zero-order chi connectivity index (χ0) is 9.56. The molecule has 4 nitrogen and oxygen atoms in total. The maximum Gasteiger partial charge on any atom is 0.307 e. The molecule has 0 saturated heterocycles. The summed E-state index contributed by atoms with van der Waals surface area (Å²) in [6, 6.07) is 0. The monoisotopic (exact) mass is 175 g/mol. The van der Waals surface area contributed by atoms with Crippen LogP contribution in [0, 0.1) is 5.92 Å². The molecule has 0 aliphatic rings. The number of carboxylic acid groups (broad SMARTS) is 1. The molecule has 72 valence electrons. The summed E-state index contributed by atoms with van der Waals surface area (Å²) < 4.78 is 4.82. The van der Waals surface area contributed by atoms with E-state index in [0.29, 0.717) is 19.6 Å². The molecule has 0 aromatic heterocycles. The Kier molecular flexibility index (Phi) is 5.66. The number of hydrogen-bond acceptors (Lipinski definition) is 3. The van der Waals surface area contributed by atoms with Gasteiger partial charge in [0.25, 0.3) is 0 Å². The summed E-state index contributed by atoms with van der Waals surface area (Å²) in [4.78, 5) is 12.5. The van der Waals surface area contributed by atoms with Crippen molar-refractivity contribution in [2.75, 3.05) is 34.4 Å². The summed E-state index contributed by atoms with van der Waals surface area (Å²) in [6.07, 6.45) is 0.573. The van der Waals surface area contributed by atoms with Crippen molar-refractivity contribution in [3.8, 4) is 0 Å². The van der Waals surface area contributed by atoms with Gasteiger partial charge in [0.2, 0.25) is 0 Å². The number of methoxy groups -OCH3 is 1. The number of aliphatic carboxylic acids is 1. The number of ether oxygens (including phenoxy) is 1. The third-order valence-electron chi connectivity index (χ3n) is 1.61. The van der Waals surface area contributed by atoms with Crippen LogP contribution in [0.15, 0.2) is 0 Å². The topological polar surface area (TPSA) is 49.8 Å². The standard InChI is InChI=1S/C8H17NO3/c1-9(2)6-7(8(10)11)4-5-12-3/h7H,4-6H2,1-3H3,(H,10,11). The molecule has 1 N–H and O–H groups in total. The van der Waals surface area contributed by atoms with Crippen LogP contribution in [-0.2, 0) is 9.53 Å². The van der Waals surface area contributed by atoms with E-state index < -0.39 is 5.97 Å². The second kappa shape index (κ2) is 5.97. The Balaban J connectivity index is 3.78. The van der Waals surface area contributed by atoms with Crippen LogP contribution in [0.2, 0.25) is 0 Å². The summed E-state index contributed by atoms with van der Waals surface area (Å²) in [5.41, 5.74) is 0. The predicted molar refractivity (Wildman–Crippen MR) is 46.2 cm³/mol. The van der Waals surface area contributed by atoms with Crippen molar-refractivity contribution in [1.82, 2.24) is 4.90 Å². The first-order chi connectivity index (χ1) is 5.57. The van der Waals surface area contributed by atoms with Crippen LogP contribution in [0.5, 0.6) is 0 Å². The maximum atomic E-state index is 10.7. The molecule has 0 saturated carbocycles. The highest BCUT2D eigenvalue weighted by molar-refractivity contribution is 5.70. The van der Waals surface area contributed by atoms with E-state index in [2.05, 4.69) is 0 Å². The largest absolute Gasteiger partial charge is 0.481 e. The molecule has 0 bridgehead atoms. The van der Waals surface area contributed by atoms with Gasteiger partial charge in [-0.3, -0.25) is 4.79 Å². The van der Waals surface area contributed by atoms with Gasteiger partial charge in [-0.15, -0.1) is 0 Å². The lowest BCUT2D eigenvalue weighted by Crippen LogP contribution is -2.28. The molecule has 1 atom stereocenters. The molecule has 4 heteroatoms. The Morgan fingerprint density at radius 2 is 2.17 bits per heavy atom. The number of rotatable bonds is 6. The number of nitrogens with zero attached hydrogens (tertiary/aromatic N) is 1. The van der Waals surface area contributed by atoms with Crippen molar-refractivity contribution in [2.24, 2.45) is 5.92 Å². The molecular weight excluding hydrogens is 158 g/mol. The van der Waals surface area contributed by atoms with Gasteiger partial charge in [-0.05, 0) is 20.5 Å². The summed E-state index contributed by atoms with van der Waals surface area (Å²) in [5, 5.41) is 8.77. The van der Waals surface area contributed by atoms with E-state index in [4.69, 9.17) is 9.84 Å². The van der Waals surface area contributed by atoms with Gasteiger partial charge in [-0.25, -0.2) is 0 Å². The molecule has 0 aromatic rings. The van der Waals surface area contributed by atoms with E-state index in [0.717, 1.165) is 0 Å². The number of carboxylic acids is 1. The quantitative estimate of drug-likeness (QED) is 0.630. The summed E-state index contributed by atoms with van der Waals surface area (Å²) in [6.45, 7) is 1.07. The van der Waals surface area contributed by atoms with Crippen molar-refractivity contribution in [3.63, 3.8) is 0 Å². The van der Waals surface area contributed by atoms with Crippen molar-refractivity contribution in [2.45, 2.75) is 6.42 Å². The van der Waals surface area contributed by atoms with Gasteiger partial charge >= 0.3 is 5.97 Å². The Morgan fingerprint density at radius 1 is 1.58 bits per heavy atom. The fourth-order valence-electron chi connectivity index (χ4n) is 0.994. The van der Waals surface area contributed by atoms with Crippen LogP contribution in [0.25, 0.3) is 0 Å². The lowest BCUT2D eigenvalue weighted by molar-refractivity contribution is -0.142. The van der Waals surface area contributed by atoms with Crippen LogP contribution < -0.4 is 0 Å².